The molecule has 4 N–H and O–H groups in total. The highest BCUT2D eigenvalue weighted by Crippen LogP contribution is 2.31. The first-order chi connectivity index (χ1) is 31.6. The molecule has 1 saturated carbocycles. The van der Waals surface area contributed by atoms with Gasteiger partial charge in [0, 0.05) is 56.8 Å². The van der Waals surface area contributed by atoms with E-state index in [0.29, 0.717) is 52.9 Å². The van der Waals surface area contributed by atoms with E-state index in [1.807, 2.05) is 30.3 Å². The molecule has 9 rings (SSSR count). The van der Waals surface area contributed by atoms with E-state index in [-0.39, 0.29) is 41.7 Å². The minimum Gasteiger partial charge on any atom is -0.444 e. The molecule has 6 aromatic rings. The van der Waals surface area contributed by atoms with Crippen molar-refractivity contribution in [2.75, 3.05) is 43.4 Å². The van der Waals surface area contributed by atoms with E-state index in [1.165, 1.54) is 39.1 Å². The van der Waals surface area contributed by atoms with Crippen LogP contribution in [-0.2, 0) is 23.2 Å². The van der Waals surface area contributed by atoms with Gasteiger partial charge < -0.3 is 25.3 Å². The van der Waals surface area contributed by atoms with E-state index < -0.39 is 30.0 Å². The van der Waals surface area contributed by atoms with Crippen LogP contribution in [0.4, 0.5) is 20.3 Å². The zero-order valence-corrected chi connectivity index (χ0v) is 35.9. The number of likely N-dealkylation sites (tertiary alicyclic amines) is 1. The fraction of sp³-hybridized carbons (Fsp3) is 0.383. The lowest BCUT2D eigenvalue weighted by atomic mass is 9.96. The Hall–Kier alpha value is -6.97. The van der Waals surface area contributed by atoms with Gasteiger partial charge in [-0.1, -0.05) is 24.0 Å². The standard InChI is InChI=1S/C47H49F2N11O5/c1-57-39-22-29(9-12-37(39)60(47(57)64)38-13-14-41(61)55-45(38)63)4-2-3-19-58-20-16-32(17-21-58)25-50-24-30-7-10-34(11-8-30)59-27-35(42(56-59)43(48)49)53-44(62)36-28-65-46(54-36)33-15-18-51-40(23-33)52-26-31-5-6-31/h7-12,15,18,22-23,27-28,31-32,38,43,50H,3,5-6,13-14,16-17,19-21,24-26H2,1H3,(H,51,52)(H,53,62)(H,55,61,63). The number of nitrogens with zero attached hydrogens (tertiary/aromatic N) is 7. The number of oxazole rings is 1. The Balaban J connectivity index is 0.716. The van der Waals surface area contributed by atoms with Gasteiger partial charge in [-0.2, -0.15) is 5.10 Å². The number of hydrogen-bond donors (Lipinski definition) is 4. The summed E-state index contributed by atoms with van der Waals surface area (Å²) in [5, 5.41) is 15.8. The summed E-state index contributed by atoms with van der Waals surface area (Å²) in [6.45, 7) is 5.20. The molecule has 4 aromatic heterocycles. The van der Waals surface area contributed by atoms with Crippen LogP contribution in [0.15, 0.2) is 82.5 Å². The van der Waals surface area contributed by atoms with E-state index in [2.05, 4.69) is 53.1 Å². The summed E-state index contributed by atoms with van der Waals surface area (Å²) >= 11 is 0. The van der Waals surface area contributed by atoms with Crippen molar-refractivity contribution < 1.29 is 27.6 Å². The van der Waals surface area contributed by atoms with Crippen molar-refractivity contribution >= 4 is 40.3 Å². The van der Waals surface area contributed by atoms with Crippen molar-refractivity contribution in [3.63, 3.8) is 0 Å². The third kappa shape index (κ3) is 10.1. The lowest BCUT2D eigenvalue weighted by molar-refractivity contribution is -0.135. The van der Waals surface area contributed by atoms with Crippen LogP contribution < -0.4 is 27.0 Å². The minimum atomic E-state index is -2.93. The third-order valence-corrected chi connectivity index (χ3v) is 12.3. The van der Waals surface area contributed by atoms with Gasteiger partial charge in [0.2, 0.25) is 17.7 Å². The summed E-state index contributed by atoms with van der Waals surface area (Å²) in [6.07, 6.45) is 6.99. The lowest BCUT2D eigenvalue weighted by Gasteiger charge is -2.31. The van der Waals surface area contributed by atoms with Crippen molar-refractivity contribution in [3.8, 4) is 29.0 Å². The molecule has 1 aliphatic carbocycles. The van der Waals surface area contributed by atoms with Gasteiger partial charge in [-0.15, -0.1) is 0 Å². The van der Waals surface area contributed by atoms with Crippen molar-refractivity contribution in [1.82, 2.24) is 44.4 Å². The number of amides is 3. The molecule has 3 amide bonds. The number of fused-ring (bicyclic) bond motifs is 1. The van der Waals surface area contributed by atoms with Crippen molar-refractivity contribution in [2.24, 2.45) is 18.9 Å². The number of pyridine rings is 1. The molecule has 2 aromatic carbocycles. The number of anilines is 2. The Labute approximate surface area is 372 Å². The summed E-state index contributed by atoms with van der Waals surface area (Å²) in [4.78, 5) is 61.4. The first-order valence-electron chi connectivity index (χ1n) is 22.0. The summed E-state index contributed by atoms with van der Waals surface area (Å²) in [5.74, 6) is 7.11. The number of halogens is 2. The SMILES string of the molecule is Cn1c(=O)n(C2CCC(=O)NC2=O)c2ccc(C#CCCN3CCC(CNCc4ccc(-n5cc(NC(=O)c6coc(-c7ccnc(NCC8CC8)c7)n6)c(C(F)F)n5)cc4)CC3)cc21. The Morgan fingerprint density at radius 1 is 0.969 bits per heavy atom. The molecule has 2 saturated heterocycles. The molecule has 3 fully saturated rings. The predicted octanol–water partition coefficient (Wildman–Crippen LogP) is 5.81. The highest BCUT2D eigenvalue weighted by molar-refractivity contribution is 6.03. The van der Waals surface area contributed by atoms with Crippen LogP contribution >= 0.6 is 0 Å². The van der Waals surface area contributed by atoms with Gasteiger partial charge >= 0.3 is 5.69 Å². The summed E-state index contributed by atoms with van der Waals surface area (Å²) in [6, 6.07) is 15.8. The Kier molecular flexibility index (Phi) is 12.7. The van der Waals surface area contributed by atoms with E-state index in [4.69, 9.17) is 4.42 Å². The van der Waals surface area contributed by atoms with Gasteiger partial charge in [-0.25, -0.2) is 28.2 Å². The molecule has 0 spiro atoms. The van der Waals surface area contributed by atoms with Crippen LogP contribution in [0, 0.1) is 23.7 Å². The van der Waals surface area contributed by atoms with Gasteiger partial charge in [0.05, 0.1) is 28.6 Å². The predicted molar refractivity (Wildman–Crippen MR) is 238 cm³/mol. The van der Waals surface area contributed by atoms with Crippen molar-refractivity contribution in [2.45, 2.75) is 64.0 Å². The van der Waals surface area contributed by atoms with Gasteiger partial charge in [-0.3, -0.25) is 28.8 Å². The maximum absolute atomic E-state index is 14.1. The summed E-state index contributed by atoms with van der Waals surface area (Å²) in [5.41, 5.74) is 3.29. The Morgan fingerprint density at radius 3 is 2.54 bits per heavy atom. The van der Waals surface area contributed by atoms with Gasteiger partial charge in [0.25, 0.3) is 12.3 Å². The van der Waals surface area contributed by atoms with Crippen molar-refractivity contribution in [1.29, 1.82) is 0 Å². The third-order valence-electron chi connectivity index (χ3n) is 12.3. The fourth-order valence-electron chi connectivity index (χ4n) is 8.36. The number of carbonyl (C=O) groups excluding carboxylic acids is 3. The number of aromatic nitrogens is 6. The Morgan fingerprint density at radius 2 is 1.77 bits per heavy atom. The number of hydrogen-bond acceptors (Lipinski definition) is 11. The molecule has 1 atom stereocenters. The van der Waals surface area contributed by atoms with Crippen LogP contribution in [0.1, 0.15) is 84.7 Å². The molecule has 2 aliphatic heterocycles. The topological polar surface area (TPSA) is 186 Å². The second kappa shape index (κ2) is 19.0. The highest BCUT2D eigenvalue weighted by Gasteiger charge is 2.31. The number of alkyl halides is 2. The number of aryl methyl sites for hydroxylation is 1. The number of nitrogens with one attached hydrogen (secondary N) is 4. The van der Waals surface area contributed by atoms with E-state index in [0.717, 1.165) is 56.7 Å². The summed E-state index contributed by atoms with van der Waals surface area (Å²) < 4.78 is 38.1. The number of carbonyl (C=O) groups is 3. The first kappa shape index (κ1) is 43.3. The highest BCUT2D eigenvalue weighted by atomic mass is 19.3. The van der Waals surface area contributed by atoms with Crippen LogP contribution in [0.25, 0.3) is 28.2 Å². The number of imide groups is 1. The molecule has 1 unspecified atom stereocenters. The fourth-order valence-corrected chi connectivity index (χ4v) is 8.36. The lowest BCUT2D eigenvalue weighted by Crippen LogP contribution is -2.44. The maximum atomic E-state index is 14.1. The monoisotopic (exact) mass is 885 g/mol. The normalized spacial score (nSPS) is 17.0. The van der Waals surface area contributed by atoms with E-state index in [9.17, 15) is 28.0 Å². The van der Waals surface area contributed by atoms with Gasteiger partial charge in [0.15, 0.2) is 11.4 Å². The quantitative estimate of drug-likeness (QED) is 0.0721. The van der Waals surface area contributed by atoms with Crippen LogP contribution in [0.2, 0.25) is 0 Å². The van der Waals surface area contributed by atoms with Crippen LogP contribution in [-0.4, -0.2) is 84.2 Å². The molecule has 6 heterocycles. The number of imidazole rings is 1. The smallest absolute Gasteiger partial charge is 0.329 e. The first-order valence-corrected chi connectivity index (χ1v) is 22.0. The zero-order valence-electron chi connectivity index (χ0n) is 35.9. The van der Waals surface area contributed by atoms with Crippen LogP contribution in [0.3, 0.4) is 0 Å². The van der Waals surface area contributed by atoms with E-state index in [1.54, 1.807) is 37.5 Å². The second-order valence-electron chi connectivity index (χ2n) is 16.9. The largest absolute Gasteiger partial charge is 0.444 e. The molecular weight excluding hydrogens is 837 g/mol. The molecule has 336 valence electrons. The number of rotatable bonds is 15. The molecule has 65 heavy (non-hydrogen) atoms. The molecule has 18 heteroatoms. The van der Waals surface area contributed by atoms with E-state index >= 15 is 0 Å². The molecular formula is C47H49F2N11O5. The number of benzene rings is 2. The molecule has 16 nitrogen and oxygen atoms in total. The van der Waals surface area contributed by atoms with Gasteiger partial charge in [0.1, 0.15) is 18.1 Å². The summed E-state index contributed by atoms with van der Waals surface area (Å²) in [7, 11) is 1.67. The maximum Gasteiger partial charge on any atom is 0.329 e. The number of piperidine rings is 2. The second-order valence-corrected chi connectivity index (χ2v) is 16.9. The van der Waals surface area contributed by atoms with Crippen LogP contribution in [0.5, 0.6) is 0 Å². The molecule has 0 bridgehead atoms. The van der Waals surface area contributed by atoms with Gasteiger partial charge in [-0.05, 0) is 112 Å². The van der Waals surface area contributed by atoms with Crippen molar-refractivity contribution in [3.05, 3.63) is 106 Å². The Bertz CT molecular complexity index is 2840. The minimum absolute atomic E-state index is 0.0623. The molecule has 0 radical (unpaired) electrons. The average Bonchev–Trinajstić information content (AvgIpc) is 3.72. The average molecular weight is 886 g/mol. The molecule has 3 aliphatic rings. The zero-order chi connectivity index (χ0) is 45.0.